The van der Waals surface area contributed by atoms with E-state index in [0.29, 0.717) is 19.6 Å². The van der Waals surface area contributed by atoms with Crippen LogP contribution >= 0.6 is 15.9 Å². The number of amides is 2. The van der Waals surface area contributed by atoms with E-state index >= 15 is 0 Å². The number of nitrogens with one attached hydrogen (secondary N) is 1. The SMILES string of the molecule is CC1CN(C(=O)C2CCN(CC(=O)NC(C)c3ccc(Br)cc3)CC2)CC(C)O1. The Hall–Kier alpha value is -1.44. The van der Waals surface area contributed by atoms with Gasteiger partial charge >= 0.3 is 0 Å². The molecule has 0 aromatic heterocycles. The third-order valence-corrected chi connectivity index (χ3v) is 6.31. The second-order valence-corrected chi connectivity index (χ2v) is 9.31. The van der Waals surface area contributed by atoms with Crippen LogP contribution in [0, 0.1) is 5.92 Å². The maximum atomic E-state index is 12.9. The number of morpholine rings is 1. The Bertz CT molecular complexity index is 694. The molecule has 0 aliphatic carbocycles. The third kappa shape index (κ3) is 6.27. The highest BCUT2D eigenvalue weighted by Crippen LogP contribution is 2.22. The van der Waals surface area contributed by atoms with Crippen molar-refractivity contribution < 1.29 is 14.3 Å². The van der Waals surface area contributed by atoms with E-state index < -0.39 is 0 Å². The predicted octanol–water partition coefficient (Wildman–Crippen LogP) is 2.97. The minimum Gasteiger partial charge on any atom is -0.372 e. The number of hydrogen-bond acceptors (Lipinski definition) is 4. The van der Waals surface area contributed by atoms with Gasteiger partial charge in [0.1, 0.15) is 0 Å². The first kappa shape index (κ1) is 22.2. The first-order chi connectivity index (χ1) is 13.8. The van der Waals surface area contributed by atoms with Gasteiger partial charge in [0.15, 0.2) is 0 Å². The fourth-order valence-corrected chi connectivity index (χ4v) is 4.54. The minimum atomic E-state index is -0.0278. The number of carbonyl (C=O) groups is 2. The zero-order valence-electron chi connectivity index (χ0n) is 17.6. The molecule has 2 saturated heterocycles. The van der Waals surface area contributed by atoms with Crippen molar-refractivity contribution in [2.24, 2.45) is 5.92 Å². The summed E-state index contributed by atoms with van der Waals surface area (Å²) in [4.78, 5) is 29.4. The maximum Gasteiger partial charge on any atom is 0.234 e. The first-order valence-corrected chi connectivity index (χ1v) is 11.3. The monoisotopic (exact) mass is 465 g/mol. The van der Waals surface area contributed by atoms with Crippen molar-refractivity contribution in [3.8, 4) is 0 Å². The maximum absolute atomic E-state index is 12.9. The molecule has 1 N–H and O–H groups in total. The van der Waals surface area contributed by atoms with Gasteiger partial charge in [-0.3, -0.25) is 14.5 Å². The van der Waals surface area contributed by atoms with Crippen LogP contribution in [0.2, 0.25) is 0 Å². The van der Waals surface area contributed by atoms with Crippen LogP contribution in [-0.2, 0) is 14.3 Å². The molecule has 1 aromatic carbocycles. The molecule has 2 amide bonds. The van der Waals surface area contributed by atoms with Crippen molar-refractivity contribution >= 4 is 27.7 Å². The van der Waals surface area contributed by atoms with Gasteiger partial charge in [0.25, 0.3) is 0 Å². The molecule has 2 heterocycles. The lowest BCUT2D eigenvalue weighted by atomic mass is 9.94. The van der Waals surface area contributed by atoms with E-state index in [0.717, 1.165) is 36.0 Å². The highest BCUT2D eigenvalue weighted by Gasteiger charge is 2.33. The summed E-state index contributed by atoms with van der Waals surface area (Å²) in [7, 11) is 0. The predicted molar refractivity (Wildman–Crippen MR) is 116 cm³/mol. The van der Waals surface area contributed by atoms with Crippen molar-refractivity contribution in [1.29, 1.82) is 0 Å². The lowest BCUT2D eigenvalue weighted by Gasteiger charge is -2.39. The molecule has 3 rings (SSSR count). The first-order valence-electron chi connectivity index (χ1n) is 10.5. The lowest BCUT2D eigenvalue weighted by Crippen LogP contribution is -2.52. The van der Waals surface area contributed by atoms with Gasteiger partial charge in [-0.25, -0.2) is 0 Å². The van der Waals surface area contributed by atoms with Gasteiger partial charge in [0.2, 0.25) is 11.8 Å². The van der Waals surface area contributed by atoms with Crippen molar-refractivity contribution in [2.45, 2.75) is 51.9 Å². The van der Waals surface area contributed by atoms with Gasteiger partial charge in [0.05, 0.1) is 24.8 Å². The third-order valence-electron chi connectivity index (χ3n) is 5.78. The average molecular weight is 466 g/mol. The van der Waals surface area contributed by atoms with Crippen LogP contribution in [0.5, 0.6) is 0 Å². The molecule has 1 aromatic rings. The van der Waals surface area contributed by atoms with Crippen molar-refractivity contribution in [1.82, 2.24) is 15.1 Å². The molecule has 0 spiro atoms. The smallest absolute Gasteiger partial charge is 0.234 e. The van der Waals surface area contributed by atoms with E-state index in [1.807, 2.05) is 49.9 Å². The van der Waals surface area contributed by atoms with Crippen LogP contribution < -0.4 is 5.32 Å². The Morgan fingerprint density at radius 2 is 1.72 bits per heavy atom. The van der Waals surface area contributed by atoms with Gasteiger partial charge in [-0.2, -0.15) is 0 Å². The number of carbonyl (C=O) groups excluding carboxylic acids is 2. The van der Waals surface area contributed by atoms with Gasteiger partial charge in [0, 0.05) is 23.5 Å². The van der Waals surface area contributed by atoms with Crippen LogP contribution in [-0.4, -0.2) is 66.5 Å². The molecule has 7 heteroatoms. The molecule has 2 aliphatic heterocycles. The van der Waals surface area contributed by atoms with Gasteiger partial charge in [-0.1, -0.05) is 28.1 Å². The molecule has 2 fully saturated rings. The zero-order chi connectivity index (χ0) is 21.0. The molecular weight excluding hydrogens is 434 g/mol. The zero-order valence-corrected chi connectivity index (χ0v) is 19.2. The molecule has 2 aliphatic rings. The number of halogens is 1. The quantitative estimate of drug-likeness (QED) is 0.725. The molecule has 160 valence electrons. The molecule has 3 atom stereocenters. The summed E-state index contributed by atoms with van der Waals surface area (Å²) in [6.07, 6.45) is 1.82. The van der Waals surface area contributed by atoms with Crippen molar-refractivity contribution in [3.05, 3.63) is 34.3 Å². The second-order valence-electron chi connectivity index (χ2n) is 8.39. The summed E-state index contributed by atoms with van der Waals surface area (Å²) in [5.74, 6) is 0.342. The number of hydrogen-bond donors (Lipinski definition) is 1. The molecule has 0 saturated carbocycles. The molecule has 29 heavy (non-hydrogen) atoms. The summed E-state index contributed by atoms with van der Waals surface area (Å²) in [5.41, 5.74) is 1.08. The molecule has 6 nitrogen and oxygen atoms in total. The molecular formula is C22H32BrN3O3. The van der Waals surface area contributed by atoms with Crippen LogP contribution in [0.25, 0.3) is 0 Å². The van der Waals surface area contributed by atoms with Gasteiger partial charge in [-0.05, 0) is 64.4 Å². The summed E-state index contributed by atoms with van der Waals surface area (Å²) in [6.45, 7) is 9.35. The van der Waals surface area contributed by atoms with E-state index in [9.17, 15) is 9.59 Å². The largest absolute Gasteiger partial charge is 0.372 e. The van der Waals surface area contributed by atoms with E-state index in [-0.39, 0.29) is 36.0 Å². The van der Waals surface area contributed by atoms with E-state index in [1.54, 1.807) is 0 Å². The highest BCUT2D eigenvalue weighted by atomic mass is 79.9. The molecule has 3 unspecified atom stereocenters. The van der Waals surface area contributed by atoms with Crippen molar-refractivity contribution in [3.63, 3.8) is 0 Å². The minimum absolute atomic E-state index is 0.0278. The Morgan fingerprint density at radius 3 is 2.31 bits per heavy atom. The summed E-state index contributed by atoms with van der Waals surface area (Å²) in [6, 6.07) is 7.96. The normalized spacial score (nSPS) is 24.9. The van der Waals surface area contributed by atoms with Crippen molar-refractivity contribution in [2.75, 3.05) is 32.7 Å². The van der Waals surface area contributed by atoms with Gasteiger partial charge < -0.3 is 15.0 Å². The van der Waals surface area contributed by atoms with Crippen LogP contribution in [0.3, 0.4) is 0 Å². The summed E-state index contributed by atoms with van der Waals surface area (Å²) >= 11 is 3.43. The number of piperidine rings is 1. The molecule has 0 radical (unpaired) electrons. The average Bonchev–Trinajstić information content (AvgIpc) is 2.67. The van der Waals surface area contributed by atoms with Crippen LogP contribution in [0.1, 0.15) is 45.2 Å². The number of ether oxygens (including phenoxy) is 1. The fourth-order valence-electron chi connectivity index (χ4n) is 4.28. The topological polar surface area (TPSA) is 61.9 Å². The Labute approximate surface area is 182 Å². The van der Waals surface area contributed by atoms with Crippen LogP contribution in [0.4, 0.5) is 0 Å². The summed E-state index contributed by atoms with van der Waals surface area (Å²) < 4.78 is 6.76. The standard InChI is InChI=1S/C22H32BrN3O3/c1-15-12-26(13-16(2)29-15)22(28)19-8-10-25(11-9-19)14-21(27)24-17(3)18-4-6-20(23)7-5-18/h4-7,15-17,19H,8-14H2,1-3H3,(H,24,27). The number of rotatable bonds is 5. The van der Waals surface area contributed by atoms with Gasteiger partial charge in [-0.15, -0.1) is 0 Å². The number of benzene rings is 1. The molecule has 0 bridgehead atoms. The van der Waals surface area contributed by atoms with E-state index in [1.165, 1.54) is 0 Å². The number of likely N-dealkylation sites (tertiary alicyclic amines) is 1. The highest BCUT2D eigenvalue weighted by molar-refractivity contribution is 9.10. The number of nitrogens with zero attached hydrogens (tertiary/aromatic N) is 2. The Kier molecular flexibility index (Phi) is 7.71. The summed E-state index contributed by atoms with van der Waals surface area (Å²) in [5, 5.41) is 3.07. The Morgan fingerprint density at radius 1 is 1.14 bits per heavy atom. The lowest BCUT2D eigenvalue weighted by molar-refractivity contribution is -0.148. The fraction of sp³-hybridized carbons (Fsp3) is 0.636. The van der Waals surface area contributed by atoms with Crippen LogP contribution in [0.15, 0.2) is 28.7 Å². The second kappa shape index (κ2) is 10.0. The van der Waals surface area contributed by atoms with E-state index in [4.69, 9.17) is 4.74 Å². The van der Waals surface area contributed by atoms with E-state index in [2.05, 4.69) is 26.1 Å². The Balaban J connectivity index is 1.42.